The van der Waals surface area contributed by atoms with Crippen LogP contribution in [0, 0.1) is 5.92 Å². The van der Waals surface area contributed by atoms with E-state index in [0.717, 1.165) is 28.4 Å². The van der Waals surface area contributed by atoms with Crippen molar-refractivity contribution in [3.05, 3.63) is 74.3 Å². The van der Waals surface area contributed by atoms with Gasteiger partial charge in [0, 0.05) is 36.3 Å². The van der Waals surface area contributed by atoms with Crippen LogP contribution in [0.3, 0.4) is 0 Å². The molecular formula is C32H44BrN3O4SSi. The number of hydrogen-bond acceptors (Lipinski definition) is 8. The van der Waals surface area contributed by atoms with Gasteiger partial charge in [0.1, 0.15) is 18.2 Å². The number of hydrogen-bond donors (Lipinski definition) is 2. The van der Waals surface area contributed by atoms with Crippen LogP contribution in [-0.4, -0.2) is 55.0 Å². The molecule has 0 radical (unpaired) electrons. The molecule has 0 spiro atoms. The van der Waals surface area contributed by atoms with Gasteiger partial charge in [-0.3, -0.25) is 4.79 Å². The third-order valence-corrected chi connectivity index (χ3v) is 16.3. The summed E-state index contributed by atoms with van der Waals surface area (Å²) in [6.07, 6.45) is 4.25. The lowest BCUT2D eigenvalue weighted by Crippen LogP contribution is -2.51. The third-order valence-electron chi connectivity index (χ3n) is 8.76. The maximum Gasteiger partial charge on any atom is 0.208 e. The van der Waals surface area contributed by atoms with E-state index in [4.69, 9.17) is 9.16 Å². The summed E-state index contributed by atoms with van der Waals surface area (Å²) in [4.78, 5) is 23.0. The zero-order chi connectivity index (χ0) is 30.6. The maximum absolute atomic E-state index is 13.7. The van der Waals surface area contributed by atoms with Crippen LogP contribution in [-0.2, 0) is 9.16 Å². The van der Waals surface area contributed by atoms with Gasteiger partial charge in [-0.2, -0.15) is 0 Å². The summed E-state index contributed by atoms with van der Waals surface area (Å²) in [7, 11) is -0.441. The van der Waals surface area contributed by atoms with Gasteiger partial charge in [0.05, 0.1) is 16.5 Å². The first-order chi connectivity index (χ1) is 20.0. The molecule has 3 aromatic rings. The summed E-state index contributed by atoms with van der Waals surface area (Å²) in [6.45, 7) is 13.8. The van der Waals surface area contributed by atoms with E-state index in [9.17, 15) is 9.90 Å². The Labute approximate surface area is 263 Å². The molecule has 2 N–H and O–H groups in total. The fourth-order valence-electron chi connectivity index (χ4n) is 6.89. The number of ketones is 1. The molecule has 0 amide bonds. The molecule has 42 heavy (non-hydrogen) atoms. The van der Waals surface area contributed by atoms with Gasteiger partial charge < -0.3 is 19.6 Å². The zero-order valence-electron chi connectivity index (χ0n) is 25.6. The Hall–Kier alpha value is -1.95. The number of carbonyl (C=O) groups is 1. The van der Waals surface area contributed by atoms with Crippen LogP contribution in [0.4, 0.5) is 5.82 Å². The maximum atomic E-state index is 13.7. The van der Waals surface area contributed by atoms with Crippen molar-refractivity contribution in [2.75, 3.05) is 19.0 Å². The normalized spacial score (nSPS) is 20.0. The Morgan fingerprint density at radius 3 is 2.45 bits per heavy atom. The Bertz CT molecular complexity index is 1330. The molecule has 1 fully saturated rings. The topological polar surface area (TPSA) is 93.6 Å². The van der Waals surface area contributed by atoms with Gasteiger partial charge >= 0.3 is 0 Å². The fraction of sp³-hybridized carbons (Fsp3) is 0.531. The van der Waals surface area contributed by atoms with Crippen LogP contribution in [0.1, 0.15) is 86.9 Å². The number of aromatic nitrogens is 2. The highest BCUT2D eigenvalue weighted by Gasteiger charge is 2.49. The molecule has 0 bridgehead atoms. The van der Waals surface area contributed by atoms with Gasteiger partial charge in [-0.25, -0.2) is 9.97 Å². The lowest BCUT2D eigenvalue weighted by Gasteiger charge is -2.45. The van der Waals surface area contributed by atoms with Crippen molar-refractivity contribution in [2.24, 2.45) is 5.92 Å². The molecule has 2 aromatic heterocycles. The van der Waals surface area contributed by atoms with Crippen molar-refractivity contribution >= 4 is 47.2 Å². The number of aliphatic hydroxyl groups excluding tert-OH is 1. The largest absolute Gasteiger partial charge is 0.413 e. The SMILES string of the molecule is CO[C@@H](c1cccc(Br)c1)c1csc(C(=O)c2cncnc2N[C@@H]2C[C@H](CO)[C@@H](O[Si](C(C)C)(C(C)C)C(C)C)C2)c1. The number of carbonyl (C=O) groups excluding carboxylic acids is 1. The van der Waals surface area contributed by atoms with Crippen LogP contribution in [0.2, 0.25) is 16.6 Å². The highest BCUT2D eigenvalue weighted by atomic mass is 79.9. The number of rotatable bonds is 13. The van der Waals surface area contributed by atoms with E-state index in [1.54, 1.807) is 13.3 Å². The average molecular weight is 675 g/mol. The number of halogens is 1. The van der Waals surface area contributed by atoms with Crippen molar-refractivity contribution < 1.29 is 19.1 Å². The summed E-state index contributed by atoms with van der Waals surface area (Å²) >= 11 is 4.92. The second-order valence-corrected chi connectivity index (χ2v) is 19.5. The van der Waals surface area contributed by atoms with E-state index >= 15 is 0 Å². The molecule has 0 saturated heterocycles. The fourth-order valence-corrected chi connectivity index (χ4v) is 13.8. The van der Waals surface area contributed by atoms with Gasteiger partial charge in [-0.1, -0.05) is 69.6 Å². The minimum absolute atomic E-state index is 0.0279. The smallest absolute Gasteiger partial charge is 0.208 e. The Kier molecular flexibility index (Phi) is 11.2. The van der Waals surface area contributed by atoms with E-state index in [-0.39, 0.29) is 36.6 Å². The number of anilines is 1. The molecule has 7 nitrogen and oxygen atoms in total. The summed E-state index contributed by atoms with van der Waals surface area (Å²) in [5, 5.41) is 15.8. The lowest BCUT2D eigenvalue weighted by atomic mass is 10.0. The summed E-state index contributed by atoms with van der Waals surface area (Å²) < 4.78 is 13.9. The Morgan fingerprint density at radius 2 is 1.83 bits per heavy atom. The number of nitrogens with one attached hydrogen (secondary N) is 1. The predicted molar refractivity (Wildman–Crippen MR) is 176 cm³/mol. The van der Waals surface area contributed by atoms with E-state index < -0.39 is 8.32 Å². The number of nitrogens with zero attached hydrogens (tertiary/aromatic N) is 2. The van der Waals surface area contributed by atoms with Gasteiger partial charge in [-0.05, 0) is 64.2 Å². The van der Waals surface area contributed by atoms with Gasteiger partial charge in [0.2, 0.25) is 14.1 Å². The van der Waals surface area contributed by atoms with E-state index in [0.29, 0.717) is 32.9 Å². The van der Waals surface area contributed by atoms with Gasteiger partial charge in [0.25, 0.3) is 0 Å². The first-order valence-electron chi connectivity index (χ1n) is 14.8. The van der Waals surface area contributed by atoms with E-state index in [1.165, 1.54) is 17.7 Å². The number of aliphatic hydroxyl groups is 1. The highest BCUT2D eigenvalue weighted by molar-refractivity contribution is 9.10. The summed E-state index contributed by atoms with van der Waals surface area (Å²) in [5.74, 6) is 0.423. The molecule has 0 unspecified atom stereocenters. The first kappa shape index (κ1) is 33.0. The molecule has 10 heteroatoms. The summed E-state index contributed by atoms with van der Waals surface area (Å²) in [6, 6.07) is 9.91. The summed E-state index contributed by atoms with van der Waals surface area (Å²) in [5.41, 5.74) is 3.75. The third kappa shape index (κ3) is 6.89. The van der Waals surface area contributed by atoms with Gasteiger partial charge in [0.15, 0.2) is 0 Å². The Morgan fingerprint density at radius 1 is 1.12 bits per heavy atom. The van der Waals surface area contributed by atoms with Crippen LogP contribution in [0.5, 0.6) is 0 Å². The molecular weight excluding hydrogens is 630 g/mol. The monoisotopic (exact) mass is 673 g/mol. The van der Waals surface area contributed by atoms with Crippen molar-refractivity contribution in [1.82, 2.24) is 9.97 Å². The van der Waals surface area contributed by atoms with Crippen LogP contribution in [0.15, 0.2) is 52.7 Å². The number of benzene rings is 1. The lowest BCUT2D eigenvalue weighted by molar-refractivity contribution is 0.0941. The van der Waals surface area contributed by atoms with Crippen molar-refractivity contribution in [3.8, 4) is 0 Å². The van der Waals surface area contributed by atoms with Crippen molar-refractivity contribution in [3.63, 3.8) is 0 Å². The van der Waals surface area contributed by atoms with Crippen LogP contribution >= 0.6 is 27.3 Å². The standard InChI is InChI=1S/C32H44BrN3O4SSi/c1-19(2)42(20(3)4,21(5)6)40-28-14-26(12-23(28)16-37)36-32-27(15-34-18-35-32)30(38)29-13-24(17-41-29)31(39-7)22-9-8-10-25(33)11-22/h8-11,13,15,17-21,23,26,28,31,37H,12,14,16H2,1-7H3,(H,34,35,36)/t23-,26-,28+,31+/m1/s1. The Balaban J connectivity index is 1.53. The van der Waals surface area contributed by atoms with Crippen LogP contribution in [0.25, 0.3) is 0 Å². The first-order valence-corrected chi connectivity index (χ1v) is 18.6. The van der Waals surface area contributed by atoms with E-state index in [1.807, 2.05) is 35.7 Å². The molecule has 1 aromatic carbocycles. The second kappa shape index (κ2) is 14.2. The molecule has 4 atom stereocenters. The van der Waals surface area contributed by atoms with Crippen LogP contribution < -0.4 is 5.32 Å². The molecule has 4 rings (SSSR count). The molecule has 1 saturated carbocycles. The quantitative estimate of drug-likeness (QED) is 0.140. The van der Waals surface area contributed by atoms with Crippen molar-refractivity contribution in [1.29, 1.82) is 0 Å². The highest BCUT2D eigenvalue weighted by Crippen LogP contribution is 2.46. The minimum Gasteiger partial charge on any atom is -0.413 e. The molecule has 1 aliphatic rings. The number of ether oxygens (including phenoxy) is 1. The molecule has 1 aliphatic carbocycles. The molecule has 228 valence electrons. The average Bonchev–Trinajstić information content (AvgIpc) is 3.58. The minimum atomic E-state index is -2.11. The zero-order valence-corrected chi connectivity index (χ0v) is 29.0. The van der Waals surface area contributed by atoms with Crippen molar-refractivity contribution in [2.45, 2.75) is 89.3 Å². The predicted octanol–water partition coefficient (Wildman–Crippen LogP) is 8.01. The second-order valence-electron chi connectivity index (χ2n) is 12.3. The van der Waals surface area contributed by atoms with Gasteiger partial charge in [-0.15, -0.1) is 11.3 Å². The number of methoxy groups -OCH3 is 1. The molecule has 2 heterocycles. The number of thiophene rings is 1. The molecule has 0 aliphatic heterocycles. The van der Waals surface area contributed by atoms with E-state index in [2.05, 4.69) is 72.8 Å².